The van der Waals surface area contributed by atoms with E-state index in [1.54, 1.807) is 6.20 Å². The van der Waals surface area contributed by atoms with Gasteiger partial charge in [-0.25, -0.2) is 0 Å². The summed E-state index contributed by atoms with van der Waals surface area (Å²) in [5, 5.41) is 3.35. The van der Waals surface area contributed by atoms with Gasteiger partial charge in [-0.05, 0) is 18.7 Å². The van der Waals surface area contributed by atoms with E-state index in [4.69, 9.17) is 22.7 Å². The number of anilines is 1. The second-order valence-corrected chi connectivity index (χ2v) is 5.00. The van der Waals surface area contributed by atoms with Crippen LogP contribution in [0.25, 0.3) is 0 Å². The number of nitrogens with zero attached hydrogens (tertiary/aromatic N) is 2. The van der Waals surface area contributed by atoms with Gasteiger partial charge in [0.05, 0.1) is 18.4 Å². The molecule has 1 aliphatic rings. The van der Waals surface area contributed by atoms with Crippen LogP contribution in [0.4, 0.5) is 5.69 Å². The number of nitrogens with two attached hydrogens (primary N) is 1. The number of thiocarbonyl (C=S) groups is 1. The van der Waals surface area contributed by atoms with Crippen LogP contribution < -0.4 is 11.1 Å². The molecule has 1 fully saturated rings. The first-order valence-corrected chi connectivity index (χ1v) is 6.93. The average molecular weight is 280 g/mol. The van der Waals surface area contributed by atoms with Gasteiger partial charge in [0.1, 0.15) is 4.99 Å². The van der Waals surface area contributed by atoms with Crippen molar-refractivity contribution in [1.29, 1.82) is 0 Å². The molecule has 0 aliphatic carbocycles. The Kier molecular flexibility index (Phi) is 5.07. The summed E-state index contributed by atoms with van der Waals surface area (Å²) in [5.41, 5.74) is 7.17. The molecule has 0 aromatic carbocycles. The Bertz CT molecular complexity index is 440. The second kappa shape index (κ2) is 6.79. The third kappa shape index (κ3) is 4.12. The van der Waals surface area contributed by atoms with Crippen LogP contribution in [0.15, 0.2) is 18.3 Å². The van der Waals surface area contributed by atoms with Gasteiger partial charge in [0.25, 0.3) is 0 Å². The highest BCUT2D eigenvalue weighted by Crippen LogP contribution is 2.10. The maximum absolute atomic E-state index is 5.74. The van der Waals surface area contributed by atoms with Gasteiger partial charge in [-0.1, -0.05) is 19.1 Å². The average Bonchev–Trinajstić information content (AvgIpc) is 2.45. The molecular weight excluding hydrogens is 260 g/mol. The van der Waals surface area contributed by atoms with Gasteiger partial charge in [0.15, 0.2) is 0 Å². The molecule has 104 valence electrons. The van der Waals surface area contributed by atoms with Crippen molar-refractivity contribution in [3.63, 3.8) is 0 Å². The van der Waals surface area contributed by atoms with Gasteiger partial charge in [-0.2, -0.15) is 0 Å². The second-order valence-electron chi connectivity index (χ2n) is 4.56. The third-order valence-electron chi connectivity index (χ3n) is 3.22. The van der Waals surface area contributed by atoms with E-state index < -0.39 is 0 Å². The van der Waals surface area contributed by atoms with Crippen LogP contribution in [0.5, 0.6) is 0 Å². The first-order chi connectivity index (χ1) is 9.19. The molecule has 0 spiro atoms. The standard InChI is InChI=1S/C13H20N4OS/c1-2-17-5-6-18-11(9-17)8-16-10-3-4-15-12(7-10)13(14)19/h3-4,7,11H,2,5-6,8-9H2,1H3,(H2,14,19)(H,15,16). The van der Waals surface area contributed by atoms with Crippen LogP contribution in [0.2, 0.25) is 0 Å². The van der Waals surface area contributed by atoms with E-state index in [0.29, 0.717) is 10.7 Å². The lowest BCUT2D eigenvalue weighted by Gasteiger charge is -2.32. The van der Waals surface area contributed by atoms with E-state index in [2.05, 4.69) is 22.1 Å². The van der Waals surface area contributed by atoms with Gasteiger partial charge in [-0.3, -0.25) is 9.88 Å². The molecule has 1 atom stereocenters. The topological polar surface area (TPSA) is 63.4 Å². The van der Waals surface area contributed by atoms with Gasteiger partial charge in [-0.15, -0.1) is 0 Å². The highest BCUT2D eigenvalue weighted by Gasteiger charge is 2.18. The predicted molar refractivity (Wildman–Crippen MR) is 80.5 cm³/mol. The summed E-state index contributed by atoms with van der Waals surface area (Å²) in [6.45, 7) is 6.81. The molecule has 6 heteroatoms. The Hall–Kier alpha value is -1.24. The molecule has 19 heavy (non-hydrogen) atoms. The fraction of sp³-hybridized carbons (Fsp3) is 0.538. The number of pyridine rings is 1. The van der Waals surface area contributed by atoms with E-state index in [9.17, 15) is 0 Å². The van der Waals surface area contributed by atoms with Crippen LogP contribution in [-0.4, -0.2) is 53.8 Å². The van der Waals surface area contributed by atoms with Crippen molar-refractivity contribution in [2.45, 2.75) is 13.0 Å². The van der Waals surface area contributed by atoms with Crippen molar-refractivity contribution in [2.75, 3.05) is 38.1 Å². The minimum absolute atomic E-state index is 0.218. The smallest absolute Gasteiger partial charge is 0.122 e. The van der Waals surface area contributed by atoms with Crippen molar-refractivity contribution in [1.82, 2.24) is 9.88 Å². The van der Waals surface area contributed by atoms with E-state index in [-0.39, 0.29) is 6.10 Å². The lowest BCUT2D eigenvalue weighted by Crippen LogP contribution is -2.45. The van der Waals surface area contributed by atoms with E-state index in [1.165, 1.54) is 0 Å². The number of nitrogens with one attached hydrogen (secondary N) is 1. The minimum atomic E-state index is 0.218. The number of morpholine rings is 1. The van der Waals surface area contributed by atoms with Gasteiger partial charge in [0, 0.05) is 31.5 Å². The largest absolute Gasteiger partial charge is 0.388 e. The number of hydrogen-bond donors (Lipinski definition) is 2. The molecule has 3 N–H and O–H groups in total. The lowest BCUT2D eigenvalue weighted by molar-refractivity contribution is -0.0191. The molecule has 5 nitrogen and oxygen atoms in total. The Balaban J connectivity index is 1.88. The SMILES string of the molecule is CCN1CCOC(CNc2ccnc(C(N)=S)c2)C1. The van der Waals surface area contributed by atoms with E-state index >= 15 is 0 Å². The molecule has 1 unspecified atom stereocenters. The molecule has 1 aromatic heterocycles. The van der Waals surface area contributed by atoms with Gasteiger partial charge in [0.2, 0.25) is 0 Å². The lowest BCUT2D eigenvalue weighted by atomic mass is 10.2. The van der Waals surface area contributed by atoms with Crippen molar-refractivity contribution in [2.24, 2.45) is 5.73 Å². The quantitative estimate of drug-likeness (QED) is 0.780. The van der Waals surface area contributed by atoms with Crippen molar-refractivity contribution in [3.8, 4) is 0 Å². The van der Waals surface area contributed by atoms with Crippen molar-refractivity contribution >= 4 is 22.9 Å². The molecule has 2 rings (SSSR count). The van der Waals surface area contributed by atoms with E-state index in [1.807, 2.05) is 12.1 Å². The number of likely N-dealkylation sites (N-methyl/N-ethyl adjacent to an activating group) is 1. The van der Waals surface area contributed by atoms with Crippen molar-refractivity contribution < 1.29 is 4.74 Å². The molecule has 1 aliphatic heterocycles. The van der Waals surface area contributed by atoms with Gasteiger partial charge >= 0.3 is 0 Å². The molecule has 2 heterocycles. The molecule has 1 aromatic rings. The van der Waals surface area contributed by atoms with Crippen LogP contribution in [-0.2, 0) is 4.74 Å². The number of rotatable bonds is 5. The monoisotopic (exact) mass is 280 g/mol. The summed E-state index contributed by atoms with van der Waals surface area (Å²) < 4.78 is 5.74. The Morgan fingerprint density at radius 3 is 3.26 bits per heavy atom. The summed E-state index contributed by atoms with van der Waals surface area (Å²) in [6, 6.07) is 3.77. The Labute approximate surface area is 119 Å². The maximum atomic E-state index is 5.74. The van der Waals surface area contributed by atoms with Crippen LogP contribution >= 0.6 is 12.2 Å². The summed E-state index contributed by atoms with van der Waals surface area (Å²) >= 11 is 4.92. The zero-order chi connectivity index (χ0) is 13.7. The minimum Gasteiger partial charge on any atom is -0.388 e. The summed E-state index contributed by atoms with van der Waals surface area (Å²) in [7, 11) is 0. The highest BCUT2D eigenvalue weighted by atomic mass is 32.1. The third-order valence-corrected chi connectivity index (χ3v) is 3.43. The zero-order valence-corrected chi connectivity index (χ0v) is 11.9. The maximum Gasteiger partial charge on any atom is 0.122 e. The Morgan fingerprint density at radius 1 is 1.68 bits per heavy atom. The molecule has 0 radical (unpaired) electrons. The first-order valence-electron chi connectivity index (χ1n) is 6.52. The zero-order valence-electron chi connectivity index (χ0n) is 11.1. The molecule has 0 amide bonds. The number of aromatic nitrogens is 1. The number of hydrogen-bond acceptors (Lipinski definition) is 5. The summed E-state index contributed by atoms with van der Waals surface area (Å²) in [4.78, 5) is 6.82. The van der Waals surface area contributed by atoms with Crippen LogP contribution in [0.1, 0.15) is 12.6 Å². The molecule has 0 bridgehead atoms. The normalized spacial score (nSPS) is 20.2. The van der Waals surface area contributed by atoms with Crippen molar-refractivity contribution in [3.05, 3.63) is 24.0 Å². The molecule has 1 saturated heterocycles. The van der Waals surface area contributed by atoms with Crippen LogP contribution in [0.3, 0.4) is 0 Å². The summed E-state index contributed by atoms with van der Waals surface area (Å²) in [5.74, 6) is 0. The summed E-state index contributed by atoms with van der Waals surface area (Å²) in [6.07, 6.45) is 1.92. The van der Waals surface area contributed by atoms with E-state index in [0.717, 1.165) is 38.5 Å². The fourth-order valence-corrected chi connectivity index (χ4v) is 2.21. The molecular formula is C13H20N4OS. The van der Waals surface area contributed by atoms with Crippen LogP contribution in [0, 0.1) is 0 Å². The predicted octanol–water partition coefficient (Wildman–Crippen LogP) is 0.848. The highest BCUT2D eigenvalue weighted by molar-refractivity contribution is 7.80. The fourth-order valence-electron chi connectivity index (χ4n) is 2.10. The number of ether oxygens (including phenoxy) is 1. The Morgan fingerprint density at radius 2 is 2.53 bits per heavy atom. The van der Waals surface area contributed by atoms with Gasteiger partial charge < -0.3 is 15.8 Å². The molecule has 0 saturated carbocycles. The first kappa shape index (κ1) is 14.2.